The van der Waals surface area contributed by atoms with Gasteiger partial charge in [0, 0.05) is 14.7 Å². The average molecular weight is 354 g/mol. The number of ether oxygens (including phenoxy) is 1. The van der Waals surface area contributed by atoms with E-state index < -0.39 is 8.07 Å². The van der Waals surface area contributed by atoms with Gasteiger partial charge in [-0.15, -0.1) is 0 Å². The number of nitrogens with zero attached hydrogens (tertiary/aromatic N) is 2. The molecule has 1 rings (SSSR count). The maximum atomic E-state index is 9.16. The predicted octanol–water partition coefficient (Wildman–Crippen LogP) is 2.29. The number of hydrogen-bond acceptors (Lipinski definition) is 3. The summed E-state index contributed by atoms with van der Waals surface area (Å²) in [4.78, 5) is 4.13. The van der Waals surface area contributed by atoms with Crippen molar-refractivity contribution in [2.75, 3.05) is 6.61 Å². The highest BCUT2D eigenvalue weighted by Crippen LogP contribution is 2.11. The van der Waals surface area contributed by atoms with E-state index in [1.807, 2.05) is 4.57 Å². The lowest BCUT2D eigenvalue weighted by Gasteiger charge is -2.15. The summed E-state index contributed by atoms with van der Waals surface area (Å²) in [5.41, 5.74) is 0.827. The number of imidazole rings is 1. The highest BCUT2D eigenvalue weighted by Gasteiger charge is 2.12. The van der Waals surface area contributed by atoms with Gasteiger partial charge in [-0.2, -0.15) is 0 Å². The molecule has 0 fully saturated rings. The van der Waals surface area contributed by atoms with Crippen molar-refractivity contribution in [3.63, 3.8) is 0 Å². The number of hydrogen-bond donors (Lipinski definition) is 1. The van der Waals surface area contributed by atoms with Crippen molar-refractivity contribution in [3.05, 3.63) is 15.7 Å². The Hall–Kier alpha value is 0.0769. The van der Waals surface area contributed by atoms with Crippen LogP contribution >= 0.6 is 22.6 Å². The molecule has 1 N–H and O–H groups in total. The van der Waals surface area contributed by atoms with Crippen LogP contribution in [0.2, 0.25) is 25.7 Å². The van der Waals surface area contributed by atoms with E-state index in [1.165, 1.54) is 0 Å². The molecule has 0 aliphatic carbocycles. The Bertz CT molecular complexity index is 336. The zero-order valence-electron chi connectivity index (χ0n) is 10.0. The van der Waals surface area contributed by atoms with E-state index in [0.29, 0.717) is 6.73 Å². The summed E-state index contributed by atoms with van der Waals surface area (Å²) in [6.45, 7) is 8.27. The Morgan fingerprint density at radius 1 is 1.50 bits per heavy atom. The fourth-order valence-electron chi connectivity index (χ4n) is 1.19. The first-order chi connectivity index (χ1) is 7.44. The zero-order chi connectivity index (χ0) is 12.2. The minimum absolute atomic E-state index is 0.00958. The van der Waals surface area contributed by atoms with Gasteiger partial charge in [0.2, 0.25) is 0 Å². The van der Waals surface area contributed by atoms with Crippen LogP contribution in [0, 0.1) is 3.70 Å². The molecule has 0 saturated heterocycles. The van der Waals surface area contributed by atoms with E-state index in [4.69, 9.17) is 9.84 Å². The number of rotatable bonds is 6. The third-order valence-electron chi connectivity index (χ3n) is 2.27. The Balaban J connectivity index is 2.37. The molecule has 0 atom stereocenters. The van der Waals surface area contributed by atoms with Gasteiger partial charge < -0.3 is 14.4 Å². The van der Waals surface area contributed by atoms with Gasteiger partial charge in [-0.25, -0.2) is 4.98 Å². The van der Waals surface area contributed by atoms with Gasteiger partial charge >= 0.3 is 0 Å². The second-order valence-corrected chi connectivity index (χ2v) is 11.6. The Morgan fingerprint density at radius 3 is 2.75 bits per heavy atom. The zero-order valence-corrected chi connectivity index (χ0v) is 13.2. The largest absolute Gasteiger partial charge is 0.390 e. The van der Waals surface area contributed by atoms with Gasteiger partial charge in [0.15, 0.2) is 0 Å². The Morgan fingerprint density at radius 2 is 2.19 bits per heavy atom. The van der Waals surface area contributed by atoms with E-state index in [9.17, 15) is 0 Å². The van der Waals surface area contributed by atoms with Crippen LogP contribution in [0.1, 0.15) is 5.69 Å². The smallest absolute Gasteiger partial charge is 0.124 e. The van der Waals surface area contributed by atoms with Crippen LogP contribution in [-0.2, 0) is 18.1 Å². The summed E-state index contributed by atoms with van der Waals surface area (Å²) in [5.74, 6) is 0. The quantitative estimate of drug-likeness (QED) is 0.484. The van der Waals surface area contributed by atoms with Gasteiger partial charge in [-0.1, -0.05) is 19.6 Å². The molecule has 0 aromatic carbocycles. The molecule has 0 amide bonds. The second kappa shape index (κ2) is 6.13. The topological polar surface area (TPSA) is 47.3 Å². The lowest BCUT2D eigenvalue weighted by molar-refractivity contribution is 0.0821. The molecule has 4 nitrogen and oxygen atoms in total. The average Bonchev–Trinajstić information content (AvgIpc) is 2.52. The molecule has 1 aromatic rings. The first kappa shape index (κ1) is 14.1. The fraction of sp³-hybridized carbons (Fsp3) is 0.700. The molecular weight excluding hydrogens is 335 g/mol. The van der Waals surface area contributed by atoms with Gasteiger partial charge in [0.1, 0.15) is 10.4 Å². The fourth-order valence-corrected chi connectivity index (χ4v) is 2.55. The van der Waals surface area contributed by atoms with Crippen molar-refractivity contribution in [1.82, 2.24) is 9.55 Å². The SMILES string of the molecule is C[Si](C)(C)CCOCn1cnc(I)c1CO. The Labute approximate surface area is 111 Å². The highest BCUT2D eigenvalue weighted by atomic mass is 127. The normalized spacial score (nSPS) is 12.1. The molecule has 0 bridgehead atoms. The van der Waals surface area contributed by atoms with E-state index in [1.54, 1.807) is 6.33 Å². The van der Waals surface area contributed by atoms with Crippen molar-refractivity contribution in [1.29, 1.82) is 0 Å². The second-order valence-electron chi connectivity index (χ2n) is 4.96. The van der Waals surface area contributed by atoms with Crippen molar-refractivity contribution in [2.24, 2.45) is 0 Å². The molecule has 6 heteroatoms. The minimum atomic E-state index is -1.01. The summed E-state index contributed by atoms with van der Waals surface area (Å²) in [5, 5.41) is 9.16. The minimum Gasteiger partial charge on any atom is -0.390 e. The molecule has 0 radical (unpaired) electrons. The molecule has 0 saturated carbocycles. The molecule has 16 heavy (non-hydrogen) atoms. The summed E-state index contributed by atoms with van der Waals surface area (Å²) in [6.07, 6.45) is 1.71. The maximum absolute atomic E-state index is 9.16. The standard InChI is InChI=1S/C10H19IN2O2Si/c1-16(2,3)5-4-15-8-13-7-12-10(11)9(13)6-14/h7,14H,4-6,8H2,1-3H3. The van der Waals surface area contributed by atoms with Gasteiger partial charge in [0.05, 0.1) is 18.6 Å². The molecule has 0 aliphatic rings. The molecule has 0 unspecified atom stereocenters. The molecule has 1 heterocycles. The molecule has 92 valence electrons. The summed E-state index contributed by atoms with van der Waals surface area (Å²) < 4.78 is 8.29. The van der Waals surface area contributed by atoms with Gasteiger partial charge in [0.25, 0.3) is 0 Å². The number of halogens is 1. The molecule has 1 aromatic heterocycles. The molecule has 0 aliphatic heterocycles. The monoisotopic (exact) mass is 354 g/mol. The molecule has 0 spiro atoms. The van der Waals surface area contributed by atoms with Crippen molar-refractivity contribution < 1.29 is 9.84 Å². The van der Waals surface area contributed by atoms with Crippen molar-refractivity contribution >= 4 is 30.7 Å². The van der Waals surface area contributed by atoms with Crippen LogP contribution in [0.5, 0.6) is 0 Å². The van der Waals surface area contributed by atoms with Crippen LogP contribution in [0.4, 0.5) is 0 Å². The third-order valence-corrected chi connectivity index (χ3v) is 4.88. The van der Waals surface area contributed by atoms with Crippen LogP contribution < -0.4 is 0 Å². The maximum Gasteiger partial charge on any atom is 0.124 e. The molecular formula is C10H19IN2O2Si. The number of aliphatic hydroxyl groups is 1. The van der Waals surface area contributed by atoms with E-state index in [0.717, 1.165) is 22.0 Å². The van der Waals surface area contributed by atoms with Gasteiger partial charge in [-0.05, 0) is 28.6 Å². The predicted molar refractivity (Wildman–Crippen MR) is 75.0 cm³/mol. The first-order valence-corrected chi connectivity index (χ1v) is 10.1. The van der Waals surface area contributed by atoms with Crippen LogP contribution in [0.3, 0.4) is 0 Å². The van der Waals surface area contributed by atoms with Crippen molar-refractivity contribution in [3.8, 4) is 0 Å². The summed E-state index contributed by atoms with van der Waals surface area (Å²) in [7, 11) is -1.01. The lowest BCUT2D eigenvalue weighted by atomic mass is 10.5. The lowest BCUT2D eigenvalue weighted by Crippen LogP contribution is -2.22. The van der Waals surface area contributed by atoms with E-state index in [2.05, 4.69) is 47.2 Å². The van der Waals surface area contributed by atoms with E-state index >= 15 is 0 Å². The highest BCUT2D eigenvalue weighted by molar-refractivity contribution is 14.1. The Kier molecular flexibility index (Phi) is 5.42. The van der Waals surface area contributed by atoms with E-state index in [-0.39, 0.29) is 6.61 Å². The van der Waals surface area contributed by atoms with Crippen LogP contribution in [-0.4, -0.2) is 29.3 Å². The number of aliphatic hydroxyl groups excluding tert-OH is 1. The van der Waals surface area contributed by atoms with Gasteiger partial charge in [-0.3, -0.25) is 0 Å². The number of aromatic nitrogens is 2. The third kappa shape index (κ3) is 4.52. The summed E-state index contributed by atoms with van der Waals surface area (Å²) in [6, 6.07) is 1.16. The van der Waals surface area contributed by atoms with Crippen molar-refractivity contribution in [2.45, 2.75) is 39.0 Å². The van der Waals surface area contributed by atoms with Crippen LogP contribution in [0.25, 0.3) is 0 Å². The summed E-state index contributed by atoms with van der Waals surface area (Å²) >= 11 is 2.11. The first-order valence-electron chi connectivity index (χ1n) is 5.32. The van der Waals surface area contributed by atoms with Crippen LogP contribution in [0.15, 0.2) is 6.33 Å².